The highest BCUT2D eigenvalue weighted by molar-refractivity contribution is 7.71. The first-order valence-electron chi connectivity index (χ1n) is 8.25. The fraction of sp³-hybridized carbons (Fsp3) is 0.412. The SMILES string of the molecule is CCCN1CNc2c(c(=O)[nH]c(=S)n2CCc2ccc(Cl)cc2Cl)C1. The monoisotopic (exact) mass is 398 g/mol. The van der Waals surface area contributed by atoms with Crippen molar-refractivity contribution in [3.63, 3.8) is 0 Å². The van der Waals surface area contributed by atoms with Crippen molar-refractivity contribution in [3.05, 3.63) is 54.5 Å². The molecule has 0 saturated carbocycles. The molecule has 0 fully saturated rings. The Morgan fingerprint density at radius 1 is 1.28 bits per heavy atom. The maximum atomic E-state index is 12.3. The van der Waals surface area contributed by atoms with Crippen LogP contribution in [0.3, 0.4) is 0 Å². The van der Waals surface area contributed by atoms with Crippen LogP contribution in [0, 0.1) is 4.77 Å². The van der Waals surface area contributed by atoms with E-state index >= 15 is 0 Å². The Morgan fingerprint density at radius 3 is 2.80 bits per heavy atom. The van der Waals surface area contributed by atoms with Gasteiger partial charge in [-0.1, -0.05) is 36.2 Å². The van der Waals surface area contributed by atoms with Gasteiger partial charge in [0.25, 0.3) is 5.56 Å². The molecule has 0 spiro atoms. The van der Waals surface area contributed by atoms with Gasteiger partial charge in [-0.15, -0.1) is 0 Å². The van der Waals surface area contributed by atoms with E-state index in [-0.39, 0.29) is 5.56 Å². The van der Waals surface area contributed by atoms with Gasteiger partial charge in [-0.2, -0.15) is 0 Å². The van der Waals surface area contributed by atoms with Crippen LogP contribution in [0.2, 0.25) is 10.0 Å². The van der Waals surface area contributed by atoms with Crippen LogP contribution in [-0.4, -0.2) is 27.7 Å². The smallest absolute Gasteiger partial charge is 0.258 e. The molecule has 134 valence electrons. The molecule has 0 bridgehead atoms. The van der Waals surface area contributed by atoms with Gasteiger partial charge in [0.2, 0.25) is 0 Å². The van der Waals surface area contributed by atoms with Gasteiger partial charge in [-0.3, -0.25) is 14.7 Å². The first-order chi connectivity index (χ1) is 12.0. The number of aromatic amines is 1. The lowest BCUT2D eigenvalue weighted by Gasteiger charge is -2.30. The van der Waals surface area contributed by atoms with E-state index < -0.39 is 0 Å². The maximum absolute atomic E-state index is 12.3. The lowest BCUT2D eigenvalue weighted by molar-refractivity contribution is 0.272. The second-order valence-corrected chi connectivity index (χ2v) is 7.34. The van der Waals surface area contributed by atoms with Crippen molar-refractivity contribution in [1.29, 1.82) is 0 Å². The summed E-state index contributed by atoms with van der Waals surface area (Å²) in [6, 6.07) is 5.48. The minimum Gasteiger partial charge on any atom is -0.358 e. The van der Waals surface area contributed by atoms with Gasteiger partial charge >= 0.3 is 0 Å². The predicted octanol–water partition coefficient (Wildman–Crippen LogP) is 4.05. The quantitative estimate of drug-likeness (QED) is 0.745. The van der Waals surface area contributed by atoms with Gasteiger partial charge in [-0.25, -0.2) is 0 Å². The van der Waals surface area contributed by atoms with Crippen LogP contribution in [0.5, 0.6) is 0 Å². The van der Waals surface area contributed by atoms with Crippen LogP contribution < -0.4 is 10.9 Å². The molecule has 5 nitrogen and oxygen atoms in total. The fourth-order valence-corrected chi connectivity index (χ4v) is 3.85. The fourth-order valence-electron chi connectivity index (χ4n) is 3.07. The number of nitrogens with one attached hydrogen (secondary N) is 2. The minimum absolute atomic E-state index is 0.117. The predicted molar refractivity (Wildman–Crippen MR) is 105 cm³/mol. The van der Waals surface area contributed by atoms with E-state index in [4.69, 9.17) is 35.4 Å². The van der Waals surface area contributed by atoms with Crippen LogP contribution in [0.1, 0.15) is 24.5 Å². The Hall–Kier alpha value is -1.34. The van der Waals surface area contributed by atoms with E-state index in [1.54, 1.807) is 6.07 Å². The highest BCUT2D eigenvalue weighted by Crippen LogP contribution is 2.23. The molecule has 2 N–H and O–H groups in total. The van der Waals surface area contributed by atoms with E-state index in [0.29, 0.717) is 41.0 Å². The number of benzene rings is 1. The second kappa shape index (κ2) is 7.91. The molecular formula is C17H20Cl2N4OS. The summed E-state index contributed by atoms with van der Waals surface area (Å²) in [6.07, 6.45) is 1.74. The molecule has 1 aromatic heterocycles. The zero-order valence-corrected chi connectivity index (χ0v) is 16.3. The number of fused-ring (bicyclic) bond motifs is 1. The second-order valence-electron chi connectivity index (χ2n) is 6.11. The van der Waals surface area contributed by atoms with Crippen molar-refractivity contribution in [1.82, 2.24) is 14.5 Å². The van der Waals surface area contributed by atoms with Gasteiger partial charge in [0.15, 0.2) is 4.77 Å². The molecule has 8 heteroatoms. The first-order valence-corrected chi connectivity index (χ1v) is 9.42. The molecule has 1 aliphatic rings. The van der Waals surface area contributed by atoms with E-state index in [1.165, 1.54) is 0 Å². The van der Waals surface area contributed by atoms with Gasteiger partial charge in [0, 0.05) is 23.1 Å². The summed E-state index contributed by atoms with van der Waals surface area (Å²) in [6.45, 7) is 5.04. The van der Waals surface area contributed by atoms with Crippen LogP contribution in [0.25, 0.3) is 0 Å². The molecule has 0 aliphatic carbocycles. The Balaban J connectivity index is 1.88. The highest BCUT2D eigenvalue weighted by atomic mass is 35.5. The lowest BCUT2D eigenvalue weighted by atomic mass is 10.1. The molecule has 1 aliphatic heterocycles. The van der Waals surface area contributed by atoms with Crippen molar-refractivity contribution in [2.75, 3.05) is 18.5 Å². The van der Waals surface area contributed by atoms with Crippen LogP contribution in [0.4, 0.5) is 5.82 Å². The third-order valence-electron chi connectivity index (χ3n) is 4.31. The molecule has 2 heterocycles. The number of rotatable bonds is 5. The Bertz CT molecular complexity index is 893. The average Bonchev–Trinajstić information content (AvgIpc) is 2.57. The van der Waals surface area contributed by atoms with E-state index in [2.05, 4.69) is 22.1 Å². The molecular weight excluding hydrogens is 379 g/mol. The number of nitrogens with zero attached hydrogens (tertiary/aromatic N) is 2. The maximum Gasteiger partial charge on any atom is 0.258 e. The number of hydrogen-bond acceptors (Lipinski definition) is 4. The zero-order valence-electron chi connectivity index (χ0n) is 13.9. The lowest BCUT2D eigenvalue weighted by Crippen LogP contribution is -2.39. The van der Waals surface area contributed by atoms with Gasteiger partial charge in [0.1, 0.15) is 5.82 Å². The van der Waals surface area contributed by atoms with E-state index in [0.717, 1.165) is 29.9 Å². The minimum atomic E-state index is -0.117. The number of aryl methyl sites for hydroxylation is 1. The summed E-state index contributed by atoms with van der Waals surface area (Å²) in [7, 11) is 0. The van der Waals surface area contributed by atoms with Gasteiger partial charge < -0.3 is 9.88 Å². The van der Waals surface area contributed by atoms with Crippen molar-refractivity contribution in [2.24, 2.45) is 0 Å². The van der Waals surface area contributed by atoms with Crippen LogP contribution in [0.15, 0.2) is 23.0 Å². The largest absolute Gasteiger partial charge is 0.358 e. The summed E-state index contributed by atoms with van der Waals surface area (Å²) in [4.78, 5) is 17.3. The molecule has 1 aromatic carbocycles. The molecule has 0 unspecified atom stereocenters. The van der Waals surface area contributed by atoms with Gasteiger partial charge in [-0.05, 0) is 49.3 Å². The molecule has 25 heavy (non-hydrogen) atoms. The van der Waals surface area contributed by atoms with Gasteiger partial charge in [0.05, 0.1) is 12.2 Å². The standard InChI is InChI=1S/C17H20Cl2N4OS/c1-2-6-22-9-13-15(20-10-22)23(17(25)21-16(13)24)7-5-11-3-4-12(18)8-14(11)19/h3-4,8,20H,2,5-7,9-10H2,1H3,(H,21,24,25). The molecule has 0 amide bonds. The third kappa shape index (κ3) is 4.08. The summed E-state index contributed by atoms with van der Waals surface area (Å²) >= 11 is 17.6. The highest BCUT2D eigenvalue weighted by Gasteiger charge is 2.21. The summed E-state index contributed by atoms with van der Waals surface area (Å²) in [5.41, 5.74) is 1.61. The van der Waals surface area contributed by atoms with Crippen molar-refractivity contribution < 1.29 is 0 Å². The summed E-state index contributed by atoms with van der Waals surface area (Å²) < 4.78 is 2.37. The van der Waals surface area contributed by atoms with Crippen LogP contribution in [-0.2, 0) is 19.5 Å². The Morgan fingerprint density at radius 2 is 2.08 bits per heavy atom. The average molecular weight is 399 g/mol. The van der Waals surface area contributed by atoms with Crippen LogP contribution >= 0.6 is 35.4 Å². The summed E-state index contributed by atoms with van der Waals surface area (Å²) in [5.74, 6) is 0.811. The van der Waals surface area contributed by atoms with Crippen molar-refractivity contribution in [3.8, 4) is 0 Å². The van der Waals surface area contributed by atoms with Crippen molar-refractivity contribution >= 4 is 41.2 Å². The number of aromatic nitrogens is 2. The Labute approximate surface area is 161 Å². The molecule has 0 atom stereocenters. The number of halogens is 2. The number of anilines is 1. The van der Waals surface area contributed by atoms with E-state index in [9.17, 15) is 4.79 Å². The number of H-pyrrole nitrogens is 1. The summed E-state index contributed by atoms with van der Waals surface area (Å²) in [5, 5.41) is 4.61. The molecule has 0 radical (unpaired) electrons. The number of hydrogen-bond donors (Lipinski definition) is 2. The zero-order chi connectivity index (χ0) is 18.0. The van der Waals surface area contributed by atoms with E-state index in [1.807, 2.05) is 16.7 Å². The Kier molecular flexibility index (Phi) is 5.84. The molecule has 3 rings (SSSR count). The third-order valence-corrected chi connectivity index (χ3v) is 5.22. The topological polar surface area (TPSA) is 53.1 Å². The van der Waals surface area contributed by atoms with Crippen molar-refractivity contribution in [2.45, 2.75) is 32.9 Å². The first kappa shape index (κ1) is 18.5. The molecule has 0 saturated heterocycles. The molecule has 2 aromatic rings. The normalized spacial score (nSPS) is 14.2.